The Morgan fingerprint density at radius 1 is 1.30 bits per heavy atom. The van der Waals surface area contributed by atoms with Crippen LogP contribution in [0.2, 0.25) is 0 Å². The topological polar surface area (TPSA) is 72.9 Å². The molecule has 0 aliphatic carbocycles. The summed E-state index contributed by atoms with van der Waals surface area (Å²) in [5, 5.41) is 6.09. The summed E-state index contributed by atoms with van der Waals surface area (Å²) < 4.78 is 0. The van der Waals surface area contributed by atoms with Crippen LogP contribution in [0.1, 0.15) is 5.69 Å². The fourth-order valence-electron chi connectivity index (χ4n) is 1.62. The highest BCUT2D eigenvalue weighted by molar-refractivity contribution is 5.86. The normalized spacial score (nSPS) is 10.9. The summed E-state index contributed by atoms with van der Waals surface area (Å²) in [5.41, 5.74) is 0.856. The van der Waals surface area contributed by atoms with Crippen LogP contribution in [0.25, 0.3) is 0 Å². The van der Waals surface area contributed by atoms with Gasteiger partial charge in [0.15, 0.2) is 5.96 Å². The van der Waals surface area contributed by atoms with Crippen molar-refractivity contribution in [1.82, 2.24) is 20.5 Å². The van der Waals surface area contributed by atoms with Crippen LogP contribution in [-0.4, -0.2) is 63.0 Å². The van der Waals surface area contributed by atoms with Crippen LogP contribution < -0.4 is 15.5 Å². The number of rotatable bonds is 7. The number of aromatic nitrogens is 1. The molecule has 1 heterocycles. The molecule has 0 unspecified atom stereocenters. The van der Waals surface area contributed by atoms with Crippen molar-refractivity contribution in [2.24, 2.45) is 4.99 Å². The van der Waals surface area contributed by atoms with Gasteiger partial charge in [-0.05, 0) is 12.1 Å². The van der Waals surface area contributed by atoms with E-state index in [0.29, 0.717) is 19.0 Å². The van der Waals surface area contributed by atoms with E-state index in [0.717, 1.165) is 11.5 Å². The van der Waals surface area contributed by atoms with Crippen molar-refractivity contribution >= 4 is 17.7 Å². The lowest BCUT2D eigenvalue weighted by atomic mass is 10.3. The van der Waals surface area contributed by atoms with Crippen LogP contribution >= 0.6 is 0 Å². The van der Waals surface area contributed by atoms with Crippen molar-refractivity contribution in [1.29, 1.82) is 0 Å². The molecule has 0 radical (unpaired) electrons. The number of guanidine groups is 1. The van der Waals surface area contributed by atoms with Crippen molar-refractivity contribution in [2.75, 3.05) is 46.2 Å². The van der Waals surface area contributed by atoms with Gasteiger partial charge in [0.05, 0.1) is 18.8 Å². The highest BCUT2D eigenvalue weighted by Gasteiger charge is 2.06. The predicted octanol–water partition coefficient (Wildman–Crippen LogP) is 0.457. The van der Waals surface area contributed by atoms with Crippen LogP contribution in [0.4, 0.5) is 5.82 Å². The van der Waals surface area contributed by atoms with Crippen LogP contribution in [0.5, 0.6) is 0 Å². The third-order valence-corrected chi connectivity index (χ3v) is 2.97. The number of nitrogens with one attached hydrogen (secondary N) is 2. The molecule has 0 saturated heterocycles. The summed E-state index contributed by atoms with van der Waals surface area (Å²) >= 11 is 0. The second-order valence-electron chi connectivity index (χ2n) is 5.36. The molecule has 0 aliphatic rings. The molecule has 1 rings (SSSR count). The Bertz CT molecular complexity index is 553. The molecule has 0 aliphatic heterocycles. The molecule has 1 amide bonds. The van der Waals surface area contributed by atoms with Gasteiger partial charge in [-0.2, -0.15) is 0 Å². The number of aliphatic imine (C=N–C) groups is 1. The lowest BCUT2D eigenvalue weighted by Crippen LogP contribution is -2.43. The van der Waals surface area contributed by atoms with E-state index in [-0.39, 0.29) is 12.5 Å². The van der Waals surface area contributed by atoms with Crippen LogP contribution in [-0.2, 0) is 11.3 Å². The van der Waals surface area contributed by atoms with Crippen molar-refractivity contribution in [3.05, 3.63) is 36.5 Å². The summed E-state index contributed by atoms with van der Waals surface area (Å²) in [6, 6.07) is 5.82. The Balaban J connectivity index is 2.73. The van der Waals surface area contributed by atoms with E-state index in [1.807, 2.05) is 37.2 Å². The van der Waals surface area contributed by atoms with E-state index in [1.165, 1.54) is 4.90 Å². The van der Waals surface area contributed by atoms with E-state index in [9.17, 15) is 4.79 Å². The summed E-state index contributed by atoms with van der Waals surface area (Å²) in [4.78, 5) is 24.1. The SMILES string of the molecule is C=CCNC(=NCc1cccc(N(C)C)n1)NCC(=O)N(C)C. The van der Waals surface area contributed by atoms with E-state index in [1.54, 1.807) is 20.2 Å². The first-order valence-electron chi connectivity index (χ1n) is 7.40. The number of carbonyl (C=O) groups excluding carboxylic acids is 1. The minimum Gasteiger partial charge on any atom is -0.363 e. The first-order chi connectivity index (χ1) is 10.9. The lowest BCUT2D eigenvalue weighted by molar-refractivity contribution is -0.127. The monoisotopic (exact) mass is 318 g/mol. The summed E-state index contributed by atoms with van der Waals surface area (Å²) in [7, 11) is 7.32. The van der Waals surface area contributed by atoms with Crippen LogP contribution in [0.15, 0.2) is 35.8 Å². The molecule has 2 N–H and O–H groups in total. The number of pyridine rings is 1. The van der Waals surface area contributed by atoms with Gasteiger partial charge in [0.2, 0.25) is 5.91 Å². The average Bonchev–Trinajstić information content (AvgIpc) is 2.53. The number of anilines is 1. The second kappa shape index (κ2) is 9.45. The molecule has 7 nitrogen and oxygen atoms in total. The van der Waals surface area contributed by atoms with Crippen LogP contribution in [0.3, 0.4) is 0 Å². The number of carbonyl (C=O) groups is 1. The summed E-state index contributed by atoms with van der Waals surface area (Å²) in [5.74, 6) is 1.41. The van der Waals surface area contributed by atoms with Gasteiger partial charge in [-0.25, -0.2) is 9.98 Å². The van der Waals surface area contributed by atoms with Gasteiger partial charge in [-0.15, -0.1) is 6.58 Å². The molecule has 23 heavy (non-hydrogen) atoms. The predicted molar refractivity (Wildman–Crippen MR) is 94.6 cm³/mol. The van der Waals surface area contributed by atoms with Gasteiger partial charge in [-0.3, -0.25) is 4.79 Å². The van der Waals surface area contributed by atoms with Crippen LogP contribution in [0, 0.1) is 0 Å². The minimum atomic E-state index is -0.0224. The standard InChI is InChI=1S/C16H26N6O/c1-6-10-17-16(19-12-15(23)22(4)5)18-11-13-8-7-9-14(20-13)21(2)3/h6-9H,1,10-12H2,2-5H3,(H2,17,18,19). The third-order valence-electron chi connectivity index (χ3n) is 2.97. The number of hydrogen-bond acceptors (Lipinski definition) is 4. The Hall–Kier alpha value is -2.57. The zero-order valence-corrected chi connectivity index (χ0v) is 14.3. The Morgan fingerprint density at radius 2 is 2.04 bits per heavy atom. The molecule has 0 atom stereocenters. The maximum absolute atomic E-state index is 11.7. The molecule has 0 fully saturated rings. The maximum Gasteiger partial charge on any atom is 0.241 e. The third kappa shape index (κ3) is 6.82. The molecule has 0 saturated carbocycles. The fraction of sp³-hybridized carbons (Fsp3) is 0.438. The molecule has 126 valence electrons. The van der Waals surface area contributed by atoms with E-state index < -0.39 is 0 Å². The van der Waals surface area contributed by atoms with Crippen molar-refractivity contribution < 1.29 is 4.79 Å². The number of amides is 1. The van der Waals surface area contributed by atoms with E-state index >= 15 is 0 Å². The van der Waals surface area contributed by atoms with Gasteiger partial charge in [0.25, 0.3) is 0 Å². The van der Waals surface area contributed by atoms with E-state index in [4.69, 9.17) is 0 Å². The number of hydrogen-bond donors (Lipinski definition) is 2. The van der Waals surface area contributed by atoms with Gasteiger partial charge in [0, 0.05) is 34.7 Å². The first-order valence-corrected chi connectivity index (χ1v) is 7.40. The van der Waals surface area contributed by atoms with Gasteiger partial charge < -0.3 is 20.4 Å². The molecule has 0 bridgehead atoms. The zero-order chi connectivity index (χ0) is 17.2. The second-order valence-corrected chi connectivity index (χ2v) is 5.36. The summed E-state index contributed by atoms with van der Waals surface area (Å²) in [6.45, 7) is 4.83. The smallest absolute Gasteiger partial charge is 0.241 e. The molecular weight excluding hydrogens is 292 g/mol. The Kier molecular flexibility index (Phi) is 7.59. The number of likely N-dealkylation sites (N-methyl/N-ethyl adjacent to an activating group) is 1. The van der Waals surface area contributed by atoms with Crippen molar-refractivity contribution in [3.8, 4) is 0 Å². The molecule has 1 aromatic rings. The average molecular weight is 318 g/mol. The molecule has 1 aromatic heterocycles. The molecule has 0 aromatic carbocycles. The molecule has 0 spiro atoms. The lowest BCUT2D eigenvalue weighted by Gasteiger charge is -2.14. The molecule has 7 heteroatoms. The quantitative estimate of drug-likeness (QED) is 0.434. The highest BCUT2D eigenvalue weighted by atomic mass is 16.2. The maximum atomic E-state index is 11.7. The number of nitrogens with zero attached hydrogens (tertiary/aromatic N) is 4. The zero-order valence-electron chi connectivity index (χ0n) is 14.3. The van der Waals surface area contributed by atoms with Crippen molar-refractivity contribution in [2.45, 2.75) is 6.54 Å². The summed E-state index contributed by atoms with van der Waals surface area (Å²) in [6.07, 6.45) is 1.73. The van der Waals surface area contributed by atoms with Gasteiger partial charge in [-0.1, -0.05) is 12.1 Å². The fourth-order valence-corrected chi connectivity index (χ4v) is 1.62. The van der Waals surface area contributed by atoms with Gasteiger partial charge >= 0.3 is 0 Å². The van der Waals surface area contributed by atoms with Crippen molar-refractivity contribution in [3.63, 3.8) is 0 Å². The Labute approximate surface area is 138 Å². The van der Waals surface area contributed by atoms with E-state index in [2.05, 4.69) is 27.2 Å². The first kappa shape index (κ1) is 18.5. The van der Waals surface area contributed by atoms with Gasteiger partial charge in [0.1, 0.15) is 5.82 Å². The Morgan fingerprint density at radius 3 is 2.65 bits per heavy atom. The minimum absolute atomic E-state index is 0.0224. The highest BCUT2D eigenvalue weighted by Crippen LogP contribution is 2.08. The largest absolute Gasteiger partial charge is 0.363 e. The molecular formula is C16H26N6O.